The molecule has 0 radical (unpaired) electrons. The van der Waals surface area contributed by atoms with E-state index >= 15 is 4.39 Å². The lowest BCUT2D eigenvalue weighted by molar-refractivity contribution is 0.0964. The van der Waals surface area contributed by atoms with E-state index in [2.05, 4.69) is 25.6 Å². The van der Waals surface area contributed by atoms with Gasteiger partial charge in [-0.3, -0.25) is 18.9 Å². The van der Waals surface area contributed by atoms with E-state index in [0.29, 0.717) is 8.78 Å². The van der Waals surface area contributed by atoms with Crippen LogP contribution in [0.5, 0.6) is 0 Å². The fourth-order valence-corrected chi connectivity index (χ4v) is 6.53. The summed E-state index contributed by atoms with van der Waals surface area (Å²) in [5.74, 6) is -2.42. The van der Waals surface area contributed by atoms with E-state index in [1.165, 1.54) is 24.5 Å². The number of aromatic nitrogens is 2. The number of carbonyl (C=O) groups excluding carboxylic acids is 3. The molecule has 0 saturated carbocycles. The van der Waals surface area contributed by atoms with Gasteiger partial charge in [0.25, 0.3) is 5.91 Å². The van der Waals surface area contributed by atoms with Crippen molar-refractivity contribution in [2.75, 3.05) is 17.9 Å². The molecular formula is C26H18BrCl2FN4O6S. The Morgan fingerprint density at radius 1 is 1.17 bits per heavy atom. The largest absolute Gasteiger partial charge is 0.447 e. The van der Waals surface area contributed by atoms with Crippen LogP contribution in [0.25, 0.3) is 11.0 Å². The van der Waals surface area contributed by atoms with Crippen LogP contribution in [0.4, 0.5) is 14.9 Å². The first-order chi connectivity index (χ1) is 19.4. The SMILES string of the molecule is CCc1c(NS(=O)(=O)N2CCOC2=O)ccc(F)c1C(=O)c1cn(C(=O)c2c(Cl)cccc2Cl)c2ncc(Br)cc12. The molecule has 1 fully saturated rings. The molecule has 0 spiro atoms. The Kier molecular flexibility index (Phi) is 7.81. The average Bonchev–Trinajstić information content (AvgIpc) is 3.52. The van der Waals surface area contributed by atoms with Gasteiger partial charge in [0.05, 0.1) is 39.0 Å². The summed E-state index contributed by atoms with van der Waals surface area (Å²) in [5.41, 5.74) is -0.496. The Labute approximate surface area is 251 Å². The van der Waals surface area contributed by atoms with E-state index in [4.69, 9.17) is 27.9 Å². The average molecular weight is 684 g/mol. The molecule has 2 aromatic heterocycles. The molecule has 15 heteroatoms. The van der Waals surface area contributed by atoms with Gasteiger partial charge in [-0.2, -0.15) is 12.7 Å². The Morgan fingerprint density at radius 3 is 2.51 bits per heavy atom. The number of hydrogen-bond acceptors (Lipinski definition) is 7. The van der Waals surface area contributed by atoms with Crippen molar-refractivity contribution < 1.29 is 31.9 Å². The third-order valence-corrected chi connectivity index (χ3v) is 8.80. The molecule has 3 heterocycles. The van der Waals surface area contributed by atoms with Crippen LogP contribution in [0.1, 0.15) is 38.8 Å². The first-order valence-corrected chi connectivity index (χ1v) is 14.9. The van der Waals surface area contributed by atoms with Crippen molar-refractivity contribution in [3.63, 3.8) is 0 Å². The molecule has 1 aliphatic heterocycles. The highest BCUT2D eigenvalue weighted by atomic mass is 79.9. The Hall–Kier alpha value is -3.52. The summed E-state index contributed by atoms with van der Waals surface area (Å²) in [6.07, 6.45) is 1.62. The molecule has 1 saturated heterocycles. The van der Waals surface area contributed by atoms with Crippen molar-refractivity contribution >= 4 is 83.8 Å². The minimum atomic E-state index is -4.42. The van der Waals surface area contributed by atoms with Crippen molar-refractivity contribution in [2.45, 2.75) is 13.3 Å². The zero-order valence-corrected chi connectivity index (χ0v) is 24.9. The van der Waals surface area contributed by atoms with E-state index in [0.717, 1.165) is 16.7 Å². The van der Waals surface area contributed by atoms with Gasteiger partial charge in [0.15, 0.2) is 5.78 Å². The van der Waals surface area contributed by atoms with E-state index in [1.54, 1.807) is 19.1 Å². The van der Waals surface area contributed by atoms with Gasteiger partial charge in [0, 0.05) is 22.3 Å². The maximum absolute atomic E-state index is 15.3. The standard InChI is InChI=1S/C26H18BrCl2FN4O6S/c1-2-14-20(32-41(38,39)34-8-9-40-26(34)37)7-6-19(30)21(14)23(35)16-12-33(24-15(16)10-13(27)11-31-24)25(36)22-17(28)4-3-5-18(22)29/h3-7,10-12,32H,2,8-9H2,1H3. The molecule has 4 aromatic rings. The van der Waals surface area contributed by atoms with Crippen LogP contribution in [0.2, 0.25) is 10.0 Å². The normalized spacial score (nSPS) is 13.5. The highest BCUT2D eigenvalue weighted by Gasteiger charge is 2.35. The molecule has 212 valence electrons. The lowest BCUT2D eigenvalue weighted by Crippen LogP contribution is -2.36. The third-order valence-electron chi connectivity index (χ3n) is 6.35. The molecule has 1 N–H and O–H groups in total. The summed E-state index contributed by atoms with van der Waals surface area (Å²) in [4.78, 5) is 43.7. The Bertz CT molecular complexity index is 1860. The number of pyridine rings is 1. The van der Waals surface area contributed by atoms with E-state index in [-0.39, 0.29) is 63.0 Å². The maximum atomic E-state index is 15.3. The maximum Gasteiger partial charge on any atom is 0.425 e. The van der Waals surface area contributed by atoms with Crippen molar-refractivity contribution in [1.82, 2.24) is 13.9 Å². The second-order valence-corrected chi connectivity index (χ2v) is 12.1. The molecule has 0 unspecified atom stereocenters. The van der Waals surface area contributed by atoms with Crippen molar-refractivity contribution in [2.24, 2.45) is 0 Å². The van der Waals surface area contributed by atoms with Crippen LogP contribution in [0.15, 0.2) is 53.3 Å². The first-order valence-electron chi connectivity index (χ1n) is 11.9. The van der Waals surface area contributed by atoms with E-state index in [1.807, 2.05) is 0 Å². The number of nitrogens with zero attached hydrogens (tertiary/aromatic N) is 3. The molecular weight excluding hydrogens is 666 g/mol. The van der Waals surface area contributed by atoms with Crippen LogP contribution in [-0.2, 0) is 21.4 Å². The summed E-state index contributed by atoms with van der Waals surface area (Å²) in [6.45, 7) is 1.30. The number of carbonyl (C=O) groups is 3. The van der Waals surface area contributed by atoms with Crippen LogP contribution in [-0.4, -0.2) is 53.2 Å². The van der Waals surface area contributed by atoms with Gasteiger partial charge >= 0.3 is 16.3 Å². The molecule has 0 aliphatic carbocycles. The highest BCUT2D eigenvalue weighted by molar-refractivity contribution is 9.10. The number of benzene rings is 2. The minimum absolute atomic E-state index is 0.0197. The number of rotatable bonds is 7. The van der Waals surface area contributed by atoms with Gasteiger partial charge in [-0.25, -0.2) is 14.2 Å². The van der Waals surface area contributed by atoms with Gasteiger partial charge < -0.3 is 4.74 Å². The molecule has 1 amide bonds. The number of hydrogen-bond donors (Lipinski definition) is 1. The number of fused-ring (bicyclic) bond motifs is 1. The predicted octanol–water partition coefficient (Wildman–Crippen LogP) is 5.84. The van der Waals surface area contributed by atoms with Crippen LogP contribution >= 0.6 is 39.1 Å². The number of cyclic esters (lactones) is 1. The summed E-state index contributed by atoms with van der Waals surface area (Å²) in [7, 11) is -4.42. The fraction of sp³-hybridized carbons (Fsp3) is 0.154. The number of halogens is 4. The summed E-state index contributed by atoms with van der Waals surface area (Å²) < 4.78 is 50.1. The predicted molar refractivity (Wildman–Crippen MR) is 153 cm³/mol. The lowest BCUT2D eigenvalue weighted by atomic mass is 9.95. The molecule has 10 nitrogen and oxygen atoms in total. The number of ether oxygens (including phenoxy) is 1. The summed E-state index contributed by atoms with van der Waals surface area (Å²) >= 11 is 15.8. The lowest BCUT2D eigenvalue weighted by Gasteiger charge is -2.19. The molecule has 5 rings (SSSR count). The Balaban J connectivity index is 1.65. The van der Waals surface area contributed by atoms with Gasteiger partial charge in [-0.1, -0.05) is 36.2 Å². The highest BCUT2D eigenvalue weighted by Crippen LogP contribution is 2.33. The van der Waals surface area contributed by atoms with Crippen molar-refractivity contribution in [3.8, 4) is 0 Å². The number of nitrogens with one attached hydrogen (secondary N) is 1. The fourth-order valence-electron chi connectivity index (χ4n) is 4.49. The zero-order valence-electron chi connectivity index (χ0n) is 21.0. The van der Waals surface area contributed by atoms with Gasteiger partial charge in [0.2, 0.25) is 0 Å². The monoisotopic (exact) mass is 682 g/mol. The summed E-state index contributed by atoms with van der Waals surface area (Å²) in [6, 6.07) is 8.19. The van der Waals surface area contributed by atoms with Gasteiger partial charge in [0.1, 0.15) is 18.1 Å². The topological polar surface area (TPSA) is 128 Å². The van der Waals surface area contributed by atoms with Gasteiger partial charge in [-0.15, -0.1) is 0 Å². The Morgan fingerprint density at radius 2 is 1.88 bits per heavy atom. The van der Waals surface area contributed by atoms with Crippen LogP contribution < -0.4 is 4.72 Å². The first kappa shape index (κ1) is 29.0. The number of anilines is 1. The molecule has 0 bridgehead atoms. The minimum Gasteiger partial charge on any atom is -0.447 e. The van der Waals surface area contributed by atoms with Crippen LogP contribution in [0, 0.1) is 5.82 Å². The molecule has 2 aromatic carbocycles. The quantitative estimate of drug-likeness (QED) is 0.243. The summed E-state index contributed by atoms with van der Waals surface area (Å²) in [5, 5.41) is 0.374. The smallest absolute Gasteiger partial charge is 0.425 e. The van der Waals surface area contributed by atoms with Gasteiger partial charge in [-0.05, 0) is 58.2 Å². The van der Waals surface area contributed by atoms with Crippen molar-refractivity contribution in [1.29, 1.82) is 0 Å². The second kappa shape index (κ2) is 11.0. The third kappa shape index (κ3) is 5.18. The molecule has 0 atom stereocenters. The van der Waals surface area contributed by atoms with E-state index in [9.17, 15) is 22.8 Å². The number of ketones is 1. The molecule has 41 heavy (non-hydrogen) atoms. The second-order valence-electron chi connectivity index (χ2n) is 8.76. The van der Waals surface area contributed by atoms with Crippen molar-refractivity contribution in [3.05, 3.63) is 91.4 Å². The van der Waals surface area contributed by atoms with E-state index < -0.39 is 39.4 Å². The zero-order chi connectivity index (χ0) is 29.6. The van der Waals surface area contributed by atoms with Crippen LogP contribution in [0.3, 0.4) is 0 Å². The molecule has 1 aliphatic rings. The number of amides is 1.